The third-order valence-electron chi connectivity index (χ3n) is 2.73. The number of para-hydroxylation sites is 1. The van der Waals surface area contributed by atoms with E-state index in [0.717, 1.165) is 12.2 Å². The molecule has 0 aliphatic rings. The fourth-order valence-electron chi connectivity index (χ4n) is 1.57. The van der Waals surface area contributed by atoms with Gasteiger partial charge in [-0.05, 0) is 25.5 Å². The fourth-order valence-corrected chi connectivity index (χ4v) is 1.57. The molecule has 0 heterocycles. The number of carbonyl (C=O) groups excluding carboxylic acids is 1. The SMILES string of the molecule is CCOCCCNC(=O)N(C)CCOc1ccccc1. The van der Waals surface area contributed by atoms with Crippen molar-refractivity contribution in [3.8, 4) is 5.75 Å². The van der Waals surface area contributed by atoms with Crippen molar-refractivity contribution in [2.75, 3.05) is 40.0 Å². The number of urea groups is 1. The van der Waals surface area contributed by atoms with E-state index in [1.165, 1.54) is 0 Å². The molecule has 0 aliphatic carbocycles. The van der Waals surface area contributed by atoms with Gasteiger partial charge in [0.05, 0.1) is 6.54 Å². The van der Waals surface area contributed by atoms with Gasteiger partial charge in [-0.3, -0.25) is 0 Å². The topological polar surface area (TPSA) is 50.8 Å². The number of benzene rings is 1. The van der Waals surface area contributed by atoms with E-state index in [1.807, 2.05) is 37.3 Å². The van der Waals surface area contributed by atoms with Crippen molar-refractivity contribution < 1.29 is 14.3 Å². The number of nitrogens with zero attached hydrogens (tertiary/aromatic N) is 1. The first-order valence-corrected chi connectivity index (χ1v) is 6.98. The van der Waals surface area contributed by atoms with E-state index in [9.17, 15) is 4.79 Å². The molecule has 0 fully saturated rings. The van der Waals surface area contributed by atoms with Crippen LogP contribution in [0.4, 0.5) is 4.79 Å². The molecule has 0 spiro atoms. The lowest BCUT2D eigenvalue weighted by molar-refractivity contribution is 0.144. The number of ether oxygens (including phenoxy) is 2. The molecule has 0 radical (unpaired) electrons. The summed E-state index contributed by atoms with van der Waals surface area (Å²) < 4.78 is 10.7. The van der Waals surface area contributed by atoms with E-state index in [1.54, 1.807) is 11.9 Å². The molecule has 5 heteroatoms. The average Bonchev–Trinajstić information content (AvgIpc) is 2.47. The van der Waals surface area contributed by atoms with Gasteiger partial charge in [-0.15, -0.1) is 0 Å². The molecule has 5 nitrogen and oxygen atoms in total. The molecule has 1 N–H and O–H groups in total. The van der Waals surface area contributed by atoms with Crippen LogP contribution in [0.3, 0.4) is 0 Å². The normalized spacial score (nSPS) is 10.1. The lowest BCUT2D eigenvalue weighted by atomic mass is 10.3. The Morgan fingerprint density at radius 1 is 1.25 bits per heavy atom. The molecule has 0 atom stereocenters. The van der Waals surface area contributed by atoms with Crippen LogP contribution in [-0.4, -0.2) is 50.9 Å². The average molecular weight is 280 g/mol. The Bertz CT molecular complexity index is 371. The number of hydrogen-bond acceptors (Lipinski definition) is 3. The molecule has 1 aromatic rings. The maximum absolute atomic E-state index is 11.7. The highest BCUT2D eigenvalue weighted by Crippen LogP contribution is 2.07. The summed E-state index contributed by atoms with van der Waals surface area (Å²) in [6.45, 7) is 5.00. The molecule has 112 valence electrons. The number of rotatable bonds is 9. The van der Waals surface area contributed by atoms with Crippen molar-refractivity contribution in [2.45, 2.75) is 13.3 Å². The number of amides is 2. The van der Waals surface area contributed by atoms with Crippen LogP contribution in [0.5, 0.6) is 5.75 Å². The fraction of sp³-hybridized carbons (Fsp3) is 0.533. The predicted molar refractivity (Wildman–Crippen MR) is 79.1 cm³/mol. The predicted octanol–water partition coefficient (Wildman–Crippen LogP) is 2.13. The van der Waals surface area contributed by atoms with E-state index in [2.05, 4.69) is 5.32 Å². The highest BCUT2D eigenvalue weighted by Gasteiger charge is 2.07. The zero-order chi connectivity index (χ0) is 14.6. The summed E-state index contributed by atoms with van der Waals surface area (Å²) in [7, 11) is 1.76. The zero-order valence-electron chi connectivity index (χ0n) is 12.3. The Kier molecular flexibility index (Phi) is 8.22. The van der Waals surface area contributed by atoms with Gasteiger partial charge in [0.15, 0.2) is 0 Å². The van der Waals surface area contributed by atoms with Crippen molar-refractivity contribution in [3.63, 3.8) is 0 Å². The summed E-state index contributed by atoms with van der Waals surface area (Å²) in [5.41, 5.74) is 0. The molecule has 0 saturated heterocycles. The third kappa shape index (κ3) is 6.99. The Morgan fingerprint density at radius 2 is 2.00 bits per heavy atom. The highest BCUT2D eigenvalue weighted by atomic mass is 16.5. The summed E-state index contributed by atoms with van der Waals surface area (Å²) in [5.74, 6) is 0.818. The van der Waals surface area contributed by atoms with E-state index in [-0.39, 0.29) is 6.03 Å². The molecule has 0 bridgehead atoms. The van der Waals surface area contributed by atoms with Gasteiger partial charge in [-0.2, -0.15) is 0 Å². The minimum Gasteiger partial charge on any atom is -0.492 e. The van der Waals surface area contributed by atoms with Gasteiger partial charge in [0.25, 0.3) is 0 Å². The first-order chi connectivity index (χ1) is 9.74. The van der Waals surface area contributed by atoms with Crippen LogP contribution in [0.1, 0.15) is 13.3 Å². The highest BCUT2D eigenvalue weighted by molar-refractivity contribution is 5.73. The number of carbonyl (C=O) groups is 1. The number of nitrogens with one attached hydrogen (secondary N) is 1. The van der Waals surface area contributed by atoms with Crippen molar-refractivity contribution in [1.82, 2.24) is 10.2 Å². The van der Waals surface area contributed by atoms with Crippen LogP contribution < -0.4 is 10.1 Å². The Morgan fingerprint density at radius 3 is 2.70 bits per heavy atom. The van der Waals surface area contributed by atoms with Crippen LogP contribution >= 0.6 is 0 Å². The van der Waals surface area contributed by atoms with Crippen LogP contribution in [0.25, 0.3) is 0 Å². The van der Waals surface area contributed by atoms with Gasteiger partial charge >= 0.3 is 6.03 Å². The monoisotopic (exact) mass is 280 g/mol. The number of likely N-dealkylation sites (N-methyl/N-ethyl adjacent to an activating group) is 1. The summed E-state index contributed by atoms with van der Waals surface area (Å²) in [4.78, 5) is 13.4. The summed E-state index contributed by atoms with van der Waals surface area (Å²) in [5, 5.41) is 2.84. The Labute approximate surface area is 120 Å². The molecule has 1 rings (SSSR count). The first-order valence-electron chi connectivity index (χ1n) is 6.98. The standard InChI is InChI=1S/C15H24N2O3/c1-3-19-12-7-10-16-15(18)17(2)11-13-20-14-8-5-4-6-9-14/h4-6,8-9H,3,7,10-13H2,1-2H3,(H,16,18). The molecule has 20 heavy (non-hydrogen) atoms. The first kappa shape index (κ1) is 16.3. The summed E-state index contributed by atoms with van der Waals surface area (Å²) in [6, 6.07) is 9.49. The van der Waals surface area contributed by atoms with E-state index in [0.29, 0.717) is 32.9 Å². The maximum Gasteiger partial charge on any atom is 0.317 e. The van der Waals surface area contributed by atoms with Crippen LogP contribution in [0.15, 0.2) is 30.3 Å². The molecule has 2 amide bonds. The summed E-state index contributed by atoms with van der Waals surface area (Å²) >= 11 is 0. The van der Waals surface area contributed by atoms with Gasteiger partial charge < -0.3 is 19.7 Å². The van der Waals surface area contributed by atoms with Crippen LogP contribution in [-0.2, 0) is 4.74 Å². The second-order valence-electron chi connectivity index (χ2n) is 4.37. The van der Waals surface area contributed by atoms with Gasteiger partial charge in [0.2, 0.25) is 0 Å². The number of hydrogen-bond donors (Lipinski definition) is 1. The third-order valence-corrected chi connectivity index (χ3v) is 2.73. The zero-order valence-corrected chi connectivity index (χ0v) is 12.3. The van der Waals surface area contributed by atoms with Crippen molar-refractivity contribution >= 4 is 6.03 Å². The van der Waals surface area contributed by atoms with Crippen LogP contribution in [0, 0.1) is 0 Å². The van der Waals surface area contributed by atoms with Gasteiger partial charge in [0, 0.05) is 26.8 Å². The summed E-state index contributed by atoms with van der Waals surface area (Å²) in [6.07, 6.45) is 0.827. The van der Waals surface area contributed by atoms with Crippen molar-refractivity contribution in [3.05, 3.63) is 30.3 Å². The smallest absolute Gasteiger partial charge is 0.317 e. The minimum absolute atomic E-state index is 0.0850. The molecular formula is C15H24N2O3. The van der Waals surface area contributed by atoms with Crippen LogP contribution in [0.2, 0.25) is 0 Å². The lowest BCUT2D eigenvalue weighted by Gasteiger charge is -2.18. The Hall–Kier alpha value is -1.75. The van der Waals surface area contributed by atoms with Gasteiger partial charge in [-0.1, -0.05) is 18.2 Å². The van der Waals surface area contributed by atoms with Gasteiger partial charge in [0.1, 0.15) is 12.4 Å². The second-order valence-corrected chi connectivity index (χ2v) is 4.37. The second kappa shape index (κ2) is 10.1. The molecular weight excluding hydrogens is 256 g/mol. The van der Waals surface area contributed by atoms with Crippen molar-refractivity contribution in [1.29, 1.82) is 0 Å². The van der Waals surface area contributed by atoms with Gasteiger partial charge in [-0.25, -0.2) is 4.79 Å². The van der Waals surface area contributed by atoms with Crippen molar-refractivity contribution in [2.24, 2.45) is 0 Å². The quantitative estimate of drug-likeness (QED) is 0.705. The van der Waals surface area contributed by atoms with E-state index >= 15 is 0 Å². The van der Waals surface area contributed by atoms with E-state index < -0.39 is 0 Å². The maximum atomic E-state index is 11.7. The lowest BCUT2D eigenvalue weighted by Crippen LogP contribution is -2.40. The largest absolute Gasteiger partial charge is 0.492 e. The van der Waals surface area contributed by atoms with E-state index in [4.69, 9.17) is 9.47 Å². The molecule has 0 aromatic heterocycles. The molecule has 0 unspecified atom stereocenters. The minimum atomic E-state index is -0.0850. The molecule has 1 aromatic carbocycles. The molecule has 0 saturated carbocycles. The Balaban J connectivity index is 2.09. The molecule has 0 aliphatic heterocycles.